The molecule has 0 heterocycles. The molecule has 1 heteroatoms. The molecule has 0 aliphatic heterocycles. The Bertz CT molecular complexity index is 992. The quantitative estimate of drug-likeness (QED) is 0.457. The van der Waals surface area contributed by atoms with E-state index in [0.29, 0.717) is 0 Å². The minimum atomic E-state index is 0.978. The number of nitrogens with zero attached hydrogens (tertiary/aromatic N) is 1. The number of rotatable bonds is 5. The van der Waals surface area contributed by atoms with E-state index >= 15 is 0 Å². The van der Waals surface area contributed by atoms with Gasteiger partial charge in [0.1, 0.15) is 0 Å². The molecule has 1 nitrogen and oxygen atoms in total. The van der Waals surface area contributed by atoms with Crippen LogP contribution in [0.25, 0.3) is 21.5 Å². The molecule has 25 heavy (non-hydrogen) atoms. The third-order valence-electron chi connectivity index (χ3n) is 4.96. The van der Waals surface area contributed by atoms with Crippen LogP contribution in [-0.2, 0) is 13.0 Å². The van der Waals surface area contributed by atoms with Gasteiger partial charge in [-0.1, -0.05) is 84.9 Å². The Morgan fingerprint density at radius 3 is 1.80 bits per heavy atom. The van der Waals surface area contributed by atoms with Gasteiger partial charge in [0.05, 0.1) is 0 Å². The highest BCUT2D eigenvalue weighted by atomic mass is 15.1. The summed E-state index contributed by atoms with van der Waals surface area (Å²) < 4.78 is 0. The van der Waals surface area contributed by atoms with Gasteiger partial charge in [-0.2, -0.15) is 0 Å². The van der Waals surface area contributed by atoms with Crippen LogP contribution in [0.1, 0.15) is 11.1 Å². The fourth-order valence-corrected chi connectivity index (χ4v) is 3.62. The summed E-state index contributed by atoms with van der Waals surface area (Å²) in [6, 6.07) is 30.5. The first-order valence-corrected chi connectivity index (χ1v) is 8.93. The Hall–Kier alpha value is -2.64. The van der Waals surface area contributed by atoms with Crippen molar-refractivity contribution in [1.29, 1.82) is 0 Å². The lowest BCUT2D eigenvalue weighted by molar-refractivity contribution is 0.333. The maximum atomic E-state index is 2.42. The van der Waals surface area contributed by atoms with Crippen molar-refractivity contribution in [3.63, 3.8) is 0 Å². The molecule has 4 aromatic carbocycles. The molecule has 0 fully saturated rings. The Labute approximate surface area is 149 Å². The van der Waals surface area contributed by atoms with Gasteiger partial charge in [-0.25, -0.2) is 0 Å². The molecule has 0 atom stereocenters. The maximum absolute atomic E-state index is 2.42. The fraction of sp³-hybridized carbons (Fsp3) is 0.167. The molecule has 124 valence electrons. The average Bonchev–Trinajstić information content (AvgIpc) is 2.66. The van der Waals surface area contributed by atoms with E-state index in [0.717, 1.165) is 19.5 Å². The van der Waals surface area contributed by atoms with E-state index in [2.05, 4.69) is 96.9 Å². The zero-order valence-electron chi connectivity index (χ0n) is 14.7. The highest BCUT2D eigenvalue weighted by Gasteiger charge is 2.06. The smallest absolute Gasteiger partial charge is 0.0236 e. The van der Waals surface area contributed by atoms with E-state index in [4.69, 9.17) is 0 Å². The van der Waals surface area contributed by atoms with Crippen molar-refractivity contribution in [3.05, 3.63) is 96.1 Å². The minimum absolute atomic E-state index is 0.978. The predicted octanol–water partition coefficient (Wildman–Crippen LogP) is 5.67. The zero-order chi connectivity index (χ0) is 17.1. The van der Waals surface area contributed by atoms with E-state index in [1.807, 2.05) is 0 Å². The van der Waals surface area contributed by atoms with E-state index < -0.39 is 0 Å². The molecule has 4 aromatic rings. The second kappa shape index (κ2) is 7.08. The number of benzene rings is 4. The van der Waals surface area contributed by atoms with Crippen molar-refractivity contribution in [2.24, 2.45) is 0 Å². The minimum Gasteiger partial charge on any atom is -0.302 e. The summed E-state index contributed by atoms with van der Waals surface area (Å²) in [4.78, 5) is 2.42. The summed E-state index contributed by atoms with van der Waals surface area (Å²) in [7, 11) is 2.22. The third-order valence-corrected chi connectivity index (χ3v) is 4.96. The first kappa shape index (κ1) is 15.9. The molecule has 0 saturated heterocycles. The molecule has 0 N–H and O–H groups in total. The van der Waals surface area contributed by atoms with Gasteiger partial charge in [0.15, 0.2) is 0 Å². The SMILES string of the molecule is CN(CCc1cccc2ccccc12)Cc1cccc2ccccc12. The lowest BCUT2D eigenvalue weighted by atomic mass is 10.0. The lowest BCUT2D eigenvalue weighted by Crippen LogP contribution is -2.21. The monoisotopic (exact) mass is 325 g/mol. The van der Waals surface area contributed by atoms with E-state index in [1.165, 1.54) is 32.7 Å². The number of hydrogen-bond donors (Lipinski definition) is 0. The fourth-order valence-electron chi connectivity index (χ4n) is 3.62. The summed E-state index contributed by atoms with van der Waals surface area (Å²) >= 11 is 0. The van der Waals surface area contributed by atoms with Crippen LogP contribution in [0, 0.1) is 0 Å². The van der Waals surface area contributed by atoms with Crippen molar-refractivity contribution in [2.45, 2.75) is 13.0 Å². The Morgan fingerprint density at radius 1 is 0.600 bits per heavy atom. The first-order chi connectivity index (χ1) is 12.3. The standard InChI is InChI=1S/C24H23N/c1-25(18-22-13-7-11-20-9-3-5-15-24(20)22)17-16-21-12-6-10-19-8-2-4-14-23(19)21/h2-15H,16-18H2,1H3. The van der Waals surface area contributed by atoms with Gasteiger partial charge >= 0.3 is 0 Å². The average molecular weight is 325 g/mol. The van der Waals surface area contributed by atoms with Gasteiger partial charge in [-0.15, -0.1) is 0 Å². The van der Waals surface area contributed by atoms with Gasteiger partial charge in [-0.05, 0) is 46.1 Å². The first-order valence-electron chi connectivity index (χ1n) is 8.93. The van der Waals surface area contributed by atoms with Crippen molar-refractivity contribution >= 4 is 21.5 Å². The molecule has 0 unspecified atom stereocenters. The van der Waals surface area contributed by atoms with Crippen LogP contribution in [0.15, 0.2) is 84.9 Å². The number of fused-ring (bicyclic) bond motifs is 2. The van der Waals surface area contributed by atoms with Crippen molar-refractivity contribution < 1.29 is 0 Å². The van der Waals surface area contributed by atoms with E-state index in [-0.39, 0.29) is 0 Å². The van der Waals surface area contributed by atoms with E-state index in [1.54, 1.807) is 0 Å². The molecule has 0 spiro atoms. The van der Waals surface area contributed by atoms with Crippen molar-refractivity contribution in [1.82, 2.24) is 4.90 Å². The molecule has 0 saturated carbocycles. The molecule has 0 amide bonds. The van der Waals surface area contributed by atoms with Crippen molar-refractivity contribution in [2.75, 3.05) is 13.6 Å². The molecule has 0 aliphatic rings. The van der Waals surface area contributed by atoms with Gasteiger partial charge in [0.25, 0.3) is 0 Å². The summed E-state index contributed by atoms with van der Waals surface area (Å²) in [5.41, 5.74) is 2.83. The summed E-state index contributed by atoms with van der Waals surface area (Å²) in [6.07, 6.45) is 1.07. The second-order valence-electron chi connectivity index (χ2n) is 6.76. The summed E-state index contributed by atoms with van der Waals surface area (Å²) in [5, 5.41) is 5.39. The van der Waals surface area contributed by atoms with Gasteiger partial charge in [0.2, 0.25) is 0 Å². The lowest BCUT2D eigenvalue weighted by Gasteiger charge is -2.18. The van der Waals surface area contributed by atoms with Gasteiger partial charge in [-0.3, -0.25) is 0 Å². The molecule has 0 aliphatic carbocycles. The summed E-state index contributed by atoms with van der Waals surface area (Å²) in [5.74, 6) is 0. The maximum Gasteiger partial charge on any atom is 0.0236 e. The summed E-state index contributed by atoms with van der Waals surface area (Å²) in [6.45, 7) is 2.03. The zero-order valence-corrected chi connectivity index (χ0v) is 14.7. The molecular formula is C24H23N. The highest BCUT2D eigenvalue weighted by molar-refractivity contribution is 5.86. The van der Waals surface area contributed by atoms with Crippen LogP contribution < -0.4 is 0 Å². The normalized spacial score (nSPS) is 11.4. The molecule has 0 radical (unpaired) electrons. The van der Waals surface area contributed by atoms with Crippen LogP contribution in [0.5, 0.6) is 0 Å². The molecular weight excluding hydrogens is 302 g/mol. The predicted molar refractivity (Wildman–Crippen MR) is 108 cm³/mol. The van der Waals surface area contributed by atoms with Crippen LogP contribution in [0.4, 0.5) is 0 Å². The second-order valence-corrected chi connectivity index (χ2v) is 6.76. The Kier molecular flexibility index (Phi) is 4.49. The Balaban J connectivity index is 1.49. The highest BCUT2D eigenvalue weighted by Crippen LogP contribution is 2.21. The van der Waals surface area contributed by atoms with Gasteiger partial charge < -0.3 is 4.90 Å². The number of likely N-dealkylation sites (N-methyl/N-ethyl adjacent to an activating group) is 1. The van der Waals surface area contributed by atoms with Crippen LogP contribution in [0.3, 0.4) is 0 Å². The molecule has 0 bridgehead atoms. The molecule has 4 rings (SSSR count). The third kappa shape index (κ3) is 3.42. The largest absolute Gasteiger partial charge is 0.302 e. The topological polar surface area (TPSA) is 3.24 Å². The Morgan fingerprint density at radius 2 is 1.12 bits per heavy atom. The van der Waals surface area contributed by atoms with Crippen LogP contribution >= 0.6 is 0 Å². The van der Waals surface area contributed by atoms with Crippen molar-refractivity contribution in [3.8, 4) is 0 Å². The van der Waals surface area contributed by atoms with Crippen LogP contribution in [-0.4, -0.2) is 18.5 Å². The van der Waals surface area contributed by atoms with E-state index in [9.17, 15) is 0 Å². The number of hydrogen-bond acceptors (Lipinski definition) is 1. The molecule has 0 aromatic heterocycles. The van der Waals surface area contributed by atoms with Gasteiger partial charge in [0, 0.05) is 13.1 Å². The van der Waals surface area contributed by atoms with Crippen LogP contribution in [0.2, 0.25) is 0 Å².